The summed E-state index contributed by atoms with van der Waals surface area (Å²) in [7, 11) is 0. The second kappa shape index (κ2) is 10.8. The molecule has 2 atom stereocenters. The molecule has 5 rings (SSSR count). The van der Waals surface area contributed by atoms with E-state index < -0.39 is 0 Å². The maximum atomic E-state index is 13.3. The molecule has 0 saturated carbocycles. The summed E-state index contributed by atoms with van der Waals surface area (Å²) in [6.45, 7) is 4.79. The molecule has 3 aromatic rings. The maximum absolute atomic E-state index is 13.3. The molecule has 10 heteroatoms. The molecule has 0 bridgehead atoms. The third kappa shape index (κ3) is 5.46. The van der Waals surface area contributed by atoms with Crippen LogP contribution in [0.5, 0.6) is 0 Å². The Bertz CT molecular complexity index is 1020. The van der Waals surface area contributed by atoms with Crippen LogP contribution < -0.4 is 4.90 Å². The number of ether oxygens (including phenoxy) is 1. The van der Waals surface area contributed by atoms with E-state index in [1.807, 2.05) is 41.1 Å². The Balaban J connectivity index is 0.00000259. The van der Waals surface area contributed by atoms with E-state index in [1.165, 1.54) is 12.1 Å². The van der Waals surface area contributed by atoms with Crippen LogP contribution in [0.3, 0.4) is 0 Å². The van der Waals surface area contributed by atoms with Gasteiger partial charge in [-0.2, -0.15) is 0 Å². The second-order valence-electron chi connectivity index (χ2n) is 8.31. The molecule has 2 aliphatic rings. The predicted octanol–water partition coefficient (Wildman–Crippen LogP) is 3.98. The van der Waals surface area contributed by atoms with Crippen LogP contribution in [-0.2, 0) is 11.3 Å². The zero-order chi connectivity index (χ0) is 21.9. The van der Waals surface area contributed by atoms with Gasteiger partial charge in [0.1, 0.15) is 5.82 Å². The predicted molar refractivity (Wildman–Crippen MR) is 128 cm³/mol. The van der Waals surface area contributed by atoms with Gasteiger partial charge in [-0.3, -0.25) is 4.90 Å². The van der Waals surface area contributed by atoms with Crippen molar-refractivity contribution in [2.75, 3.05) is 37.7 Å². The van der Waals surface area contributed by atoms with E-state index >= 15 is 0 Å². The Kier molecular flexibility index (Phi) is 7.80. The van der Waals surface area contributed by atoms with Crippen LogP contribution in [0.25, 0.3) is 0 Å². The van der Waals surface area contributed by atoms with Gasteiger partial charge in [0, 0.05) is 43.5 Å². The van der Waals surface area contributed by atoms with Crippen molar-refractivity contribution in [2.45, 2.75) is 31.5 Å². The van der Waals surface area contributed by atoms with Gasteiger partial charge >= 0.3 is 0 Å². The molecule has 7 nitrogen and oxygen atoms in total. The van der Waals surface area contributed by atoms with Crippen LogP contribution in [0.4, 0.5) is 10.1 Å². The number of tetrazole rings is 1. The largest absolute Gasteiger partial charge is 0.376 e. The summed E-state index contributed by atoms with van der Waals surface area (Å²) < 4.78 is 21.0. The lowest BCUT2D eigenvalue weighted by atomic mass is 10.0. The van der Waals surface area contributed by atoms with Crippen LogP contribution in [-0.4, -0.2) is 64.0 Å². The summed E-state index contributed by atoms with van der Waals surface area (Å²) in [6.07, 6.45) is 2.26. The standard InChI is InChI=1S/C23H26ClFN6O.ClH/c24-18-5-3-17(4-6-18)22(23-26-27-28-31(23)16-21-2-1-15-32-21)30-13-11-29(12-14-30)20-9-7-19(25)8-10-20;/h3-10,21-22H,1-2,11-16H2;1H. The van der Waals surface area contributed by atoms with Crippen molar-refractivity contribution in [1.29, 1.82) is 0 Å². The van der Waals surface area contributed by atoms with E-state index in [1.54, 1.807) is 0 Å². The highest BCUT2D eigenvalue weighted by molar-refractivity contribution is 6.30. The molecule has 2 fully saturated rings. The van der Waals surface area contributed by atoms with Crippen molar-refractivity contribution in [1.82, 2.24) is 25.1 Å². The smallest absolute Gasteiger partial charge is 0.173 e. The van der Waals surface area contributed by atoms with Gasteiger partial charge in [0.2, 0.25) is 0 Å². The number of anilines is 1. The highest BCUT2D eigenvalue weighted by atomic mass is 35.5. The molecule has 0 radical (unpaired) electrons. The molecule has 1 aromatic heterocycles. The average molecular weight is 493 g/mol. The monoisotopic (exact) mass is 492 g/mol. The van der Waals surface area contributed by atoms with Crippen LogP contribution in [0.2, 0.25) is 5.02 Å². The molecule has 0 N–H and O–H groups in total. The van der Waals surface area contributed by atoms with Gasteiger partial charge in [-0.15, -0.1) is 17.5 Å². The van der Waals surface area contributed by atoms with E-state index in [0.29, 0.717) is 11.6 Å². The van der Waals surface area contributed by atoms with Crippen molar-refractivity contribution in [3.63, 3.8) is 0 Å². The number of benzene rings is 2. The number of piperazine rings is 1. The minimum Gasteiger partial charge on any atom is -0.376 e. The van der Waals surface area contributed by atoms with E-state index in [4.69, 9.17) is 16.3 Å². The number of hydrogen-bond acceptors (Lipinski definition) is 6. The molecule has 2 unspecified atom stereocenters. The number of rotatable bonds is 6. The molecule has 0 spiro atoms. The van der Waals surface area contributed by atoms with Gasteiger partial charge in [0.15, 0.2) is 5.82 Å². The summed E-state index contributed by atoms with van der Waals surface area (Å²) in [5, 5.41) is 13.4. The fraction of sp³-hybridized carbons (Fsp3) is 0.435. The molecule has 2 aromatic carbocycles. The molecule has 0 aliphatic carbocycles. The Morgan fingerprint density at radius 3 is 2.42 bits per heavy atom. The molecular formula is C23H27Cl2FN6O. The van der Waals surface area contributed by atoms with Gasteiger partial charge in [-0.25, -0.2) is 9.07 Å². The van der Waals surface area contributed by atoms with E-state index in [0.717, 1.165) is 62.7 Å². The second-order valence-corrected chi connectivity index (χ2v) is 8.74. The Morgan fingerprint density at radius 1 is 1.03 bits per heavy atom. The SMILES string of the molecule is Cl.Fc1ccc(N2CCN(C(c3ccc(Cl)cc3)c3nnnn3CC3CCCO3)CC2)cc1. The van der Waals surface area contributed by atoms with Crippen molar-refractivity contribution in [3.8, 4) is 0 Å². The lowest BCUT2D eigenvalue weighted by Crippen LogP contribution is -2.48. The van der Waals surface area contributed by atoms with Crippen LogP contribution in [0, 0.1) is 5.82 Å². The Hall–Kier alpha value is -2.26. The van der Waals surface area contributed by atoms with Crippen LogP contribution in [0.15, 0.2) is 48.5 Å². The minimum atomic E-state index is -0.215. The lowest BCUT2D eigenvalue weighted by Gasteiger charge is -2.40. The lowest BCUT2D eigenvalue weighted by molar-refractivity contribution is 0.0906. The zero-order valence-corrected chi connectivity index (χ0v) is 19.8. The maximum Gasteiger partial charge on any atom is 0.173 e. The molecule has 33 heavy (non-hydrogen) atoms. The van der Waals surface area contributed by atoms with Gasteiger partial charge in [0.25, 0.3) is 0 Å². The highest BCUT2D eigenvalue weighted by Gasteiger charge is 2.31. The summed E-state index contributed by atoms with van der Waals surface area (Å²) in [5.74, 6) is 0.603. The minimum absolute atomic E-state index is 0. The molecule has 176 valence electrons. The molecule has 2 aliphatic heterocycles. The summed E-state index contributed by atoms with van der Waals surface area (Å²) >= 11 is 6.16. The third-order valence-electron chi connectivity index (χ3n) is 6.26. The molecule has 0 amide bonds. The van der Waals surface area contributed by atoms with Crippen molar-refractivity contribution < 1.29 is 9.13 Å². The first kappa shape index (κ1) is 23.9. The van der Waals surface area contributed by atoms with Gasteiger partial charge in [-0.05, 0) is 65.2 Å². The fourth-order valence-corrected chi connectivity index (χ4v) is 4.70. The van der Waals surface area contributed by atoms with Crippen molar-refractivity contribution >= 4 is 29.7 Å². The van der Waals surface area contributed by atoms with E-state index in [9.17, 15) is 4.39 Å². The number of hydrogen-bond donors (Lipinski definition) is 0. The number of halogens is 3. The normalized spacial score (nSPS) is 19.9. The Labute approximate surface area is 203 Å². The van der Waals surface area contributed by atoms with E-state index in [2.05, 4.69) is 25.3 Å². The third-order valence-corrected chi connectivity index (χ3v) is 6.51. The summed E-state index contributed by atoms with van der Waals surface area (Å²) in [4.78, 5) is 4.69. The summed E-state index contributed by atoms with van der Waals surface area (Å²) in [6, 6.07) is 14.5. The van der Waals surface area contributed by atoms with Crippen LogP contribution >= 0.6 is 24.0 Å². The molecule has 2 saturated heterocycles. The van der Waals surface area contributed by atoms with Crippen LogP contribution in [0.1, 0.15) is 30.3 Å². The Morgan fingerprint density at radius 2 is 1.76 bits per heavy atom. The molecule has 3 heterocycles. The first-order valence-electron chi connectivity index (χ1n) is 11.0. The number of nitrogens with zero attached hydrogens (tertiary/aromatic N) is 6. The average Bonchev–Trinajstić information content (AvgIpc) is 3.49. The van der Waals surface area contributed by atoms with Crippen molar-refractivity contribution in [3.05, 3.63) is 70.8 Å². The van der Waals surface area contributed by atoms with Gasteiger partial charge < -0.3 is 9.64 Å². The van der Waals surface area contributed by atoms with Gasteiger partial charge in [-0.1, -0.05) is 23.7 Å². The first-order chi connectivity index (χ1) is 15.7. The van der Waals surface area contributed by atoms with Gasteiger partial charge in [0.05, 0.1) is 18.7 Å². The topological polar surface area (TPSA) is 59.3 Å². The number of aromatic nitrogens is 4. The fourth-order valence-electron chi connectivity index (χ4n) is 4.58. The van der Waals surface area contributed by atoms with Crippen molar-refractivity contribution in [2.24, 2.45) is 0 Å². The molecular weight excluding hydrogens is 466 g/mol. The summed E-state index contributed by atoms with van der Waals surface area (Å²) in [5.41, 5.74) is 2.14. The quantitative estimate of drug-likeness (QED) is 0.518. The first-order valence-corrected chi connectivity index (χ1v) is 11.4. The van der Waals surface area contributed by atoms with E-state index in [-0.39, 0.29) is 30.4 Å². The highest BCUT2D eigenvalue weighted by Crippen LogP contribution is 2.30. The zero-order valence-electron chi connectivity index (χ0n) is 18.2.